The average molecular weight is 293 g/mol. The summed E-state index contributed by atoms with van der Waals surface area (Å²) in [5.74, 6) is 1.32. The lowest BCUT2D eigenvalue weighted by molar-refractivity contribution is 0.162. The van der Waals surface area contributed by atoms with Crippen molar-refractivity contribution in [1.82, 2.24) is 10.2 Å². The smallest absolute Gasteiger partial charge is 0.0282 e. The molecule has 2 rings (SSSR count). The highest BCUT2D eigenvalue weighted by Crippen LogP contribution is 2.38. The molecule has 0 saturated carbocycles. The summed E-state index contributed by atoms with van der Waals surface area (Å²) in [4.78, 5) is 2.73. The highest BCUT2D eigenvalue weighted by atomic mass is 35.5. The summed E-state index contributed by atoms with van der Waals surface area (Å²) < 4.78 is 0.542. The fourth-order valence-corrected chi connectivity index (χ4v) is 4.74. The first-order valence-electron chi connectivity index (χ1n) is 7.18. The molecule has 1 unspecified atom stereocenters. The van der Waals surface area contributed by atoms with Crippen molar-refractivity contribution in [1.29, 1.82) is 0 Å². The maximum atomic E-state index is 3.52. The Labute approximate surface area is 123 Å². The maximum absolute atomic E-state index is 3.52. The van der Waals surface area contributed by atoms with Crippen LogP contribution in [0, 0.1) is 5.41 Å². The van der Waals surface area contributed by atoms with Gasteiger partial charge >= 0.3 is 0 Å². The molecule has 2 aliphatic rings. The third kappa shape index (κ3) is 3.78. The van der Waals surface area contributed by atoms with Crippen molar-refractivity contribution in [2.75, 3.05) is 38.5 Å². The molecule has 2 nitrogen and oxygen atoms in total. The molecule has 0 aliphatic carbocycles. The zero-order valence-electron chi connectivity index (χ0n) is 12.1. The van der Waals surface area contributed by atoms with Gasteiger partial charge in [-0.25, -0.2) is 0 Å². The van der Waals surface area contributed by atoms with Gasteiger partial charge in [0.05, 0.1) is 0 Å². The Morgan fingerprint density at radius 1 is 1.28 bits per heavy atom. The molecule has 2 heterocycles. The molecular weight excluding hydrogens is 264 g/mol. The topological polar surface area (TPSA) is 15.3 Å². The van der Waals surface area contributed by atoms with Crippen LogP contribution in [-0.2, 0) is 0 Å². The predicted molar refractivity (Wildman–Crippen MR) is 85.1 cm³/mol. The molecule has 0 spiro atoms. The molecule has 2 fully saturated rings. The first-order chi connectivity index (χ1) is 8.11. The normalized spacial score (nSPS) is 32.2. The van der Waals surface area contributed by atoms with Crippen LogP contribution in [0.3, 0.4) is 0 Å². The number of halogens is 1. The summed E-state index contributed by atoms with van der Waals surface area (Å²) in [6, 6.07) is 0. The quantitative estimate of drug-likeness (QED) is 0.857. The van der Waals surface area contributed by atoms with Crippen LogP contribution in [0.5, 0.6) is 0 Å². The third-order valence-corrected chi connectivity index (χ3v) is 6.38. The van der Waals surface area contributed by atoms with Crippen LogP contribution in [-0.4, -0.2) is 48.1 Å². The molecule has 1 atom stereocenters. The van der Waals surface area contributed by atoms with E-state index >= 15 is 0 Å². The molecule has 1 N–H and O–H groups in total. The van der Waals surface area contributed by atoms with Crippen molar-refractivity contribution in [2.45, 2.75) is 44.8 Å². The van der Waals surface area contributed by atoms with Crippen LogP contribution in [0.15, 0.2) is 0 Å². The van der Waals surface area contributed by atoms with Gasteiger partial charge in [0.2, 0.25) is 0 Å². The zero-order chi connectivity index (χ0) is 12.4. The van der Waals surface area contributed by atoms with E-state index in [9.17, 15) is 0 Å². The fraction of sp³-hybridized carbons (Fsp3) is 1.00. The summed E-state index contributed by atoms with van der Waals surface area (Å²) in [5.41, 5.74) is 0.523. The number of nitrogens with zero attached hydrogens (tertiary/aromatic N) is 1. The number of nitrogens with one attached hydrogen (secondary N) is 1. The van der Waals surface area contributed by atoms with Gasteiger partial charge in [-0.2, -0.15) is 11.8 Å². The Hall–Kier alpha value is 0.560. The Kier molecular flexibility index (Phi) is 6.30. The van der Waals surface area contributed by atoms with Gasteiger partial charge in [0.1, 0.15) is 0 Å². The van der Waals surface area contributed by atoms with E-state index in [4.69, 9.17) is 0 Å². The summed E-state index contributed by atoms with van der Waals surface area (Å²) in [7, 11) is 0. The van der Waals surface area contributed by atoms with Crippen LogP contribution in [0.25, 0.3) is 0 Å². The van der Waals surface area contributed by atoms with Gasteiger partial charge in [0, 0.05) is 36.7 Å². The minimum absolute atomic E-state index is 0. The molecule has 0 aromatic rings. The van der Waals surface area contributed by atoms with Crippen LogP contribution in [0.4, 0.5) is 0 Å². The average Bonchev–Trinajstić information content (AvgIpc) is 2.76. The van der Waals surface area contributed by atoms with E-state index in [1.807, 2.05) is 0 Å². The highest BCUT2D eigenvalue weighted by molar-refractivity contribution is 8.00. The van der Waals surface area contributed by atoms with E-state index in [0.717, 1.165) is 0 Å². The predicted octanol–water partition coefficient (Wildman–Crippen LogP) is 3.02. The largest absolute Gasteiger partial charge is 0.316 e. The summed E-state index contributed by atoms with van der Waals surface area (Å²) in [6.45, 7) is 13.5. The van der Waals surface area contributed by atoms with Crippen molar-refractivity contribution in [3.63, 3.8) is 0 Å². The molecule has 0 bridgehead atoms. The van der Waals surface area contributed by atoms with E-state index in [2.05, 4.69) is 42.7 Å². The molecule has 18 heavy (non-hydrogen) atoms. The van der Waals surface area contributed by atoms with Crippen molar-refractivity contribution in [3.05, 3.63) is 0 Å². The Morgan fingerprint density at radius 3 is 2.56 bits per heavy atom. The Morgan fingerprint density at radius 2 is 2.00 bits per heavy atom. The summed E-state index contributed by atoms with van der Waals surface area (Å²) in [6.07, 6.45) is 3.99. The maximum Gasteiger partial charge on any atom is 0.0282 e. The third-order valence-electron chi connectivity index (χ3n) is 4.68. The molecule has 108 valence electrons. The molecular formula is C14H29ClN2S. The molecule has 0 amide bonds. The SMILES string of the molecule is CCC1(CC)CN(CC2(C)CCNC2)CCS1.Cl. The molecule has 0 aromatic heterocycles. The lowest BCUT2D eigenvalue weighted by Gasteiger charge is -2.44. The van der Waals surface area contributed by atoms with E-state index in [1.54, 1.807) is 0 Å². The van der Waals surface area contributed by atoms with Crippen molar-refractivity contribution in [2.24, 2.45) is 5.41 Å². The second-order valence-corrected chi connectivity index (χ2v) is 7.75. The zero-order valence-corrected chi connectivity index (χ0v) is 13.8. The van der Waals surface area contributed by atoms with Crippen LogP contribution in [0.1, 0.15) is 40.0 Å². The van der Waals surface area contributed by atoms with Gasteiger partial charge in [0.25, 0.3) is 0 Å². The van der Waals surface area contributed by atoms with E-state index in [0.29, 0.717) is 10.2 Å². The molecule has 0 radical (unpaired) electrons. The van der Waals surface area contributed by atoms with Gasteiger partial charge in [-0.1, -0.05) is 20.8 Å². The molecule has 2 aliphatic heterocycles. The van der Waals surface area contributed by atoms with Gasteiger partial charge in [-0.15, -0.1) is 12.4 Å². The van der Waals surface area contributed by atoms with E-state index < -0.39 is 0 Å². The minimum atomic E-state index is 0. The van der Waals surface area contributed by atoms with Crippen molar-refractivity contribution < 1.29 is 0 Å². The Balaban J connectivity index is 0.00000162. The lowest BCUT2D eigenvalue weighted by Crippen LogP contribution is -2.49. The number of hydrogen-bond acceptors (Lipinski definition) is 3. The first-order valence-corrected chi connectivity index (χ1v) is 8.17. The molecule has 0 aromatic carbocycles. The van der Waals surface area contributed by atoms with Crippen LogP contribution in [0.2, 0.25) is 0 Å². The number of rotatable bonds is 4. The second-order valence-electron chi connectivity index (χ2n) is 6.19. The van der Waals surface area contributed by atoms with Gasteiger partial charge in [-0.3, -0.25) is 0 Å². The molecule has 4 heteroatoms. The lowest BCUT2D eigenvalue weighted by atomic mass is 9.88. The standard InChI is InChI=1S/C14H28N2S.ClH/c1-4-14(5-2)12-16(8-9-17-14)11-13(3)6-7-15-10-13;/h15H,4-12H2,1-3H3;1H. The summed E-state index contributed by atoms with van der Waals surface area (Å²) >= 11 is 2.21. The van der Waals surface area contributed by atoms with E-state index in [-0.39, 0.29) is 12.4 Å². The fourth-order valence-electron chi connectivity index (χ4n) is 3.28. The van der Waals surface area contributed by atoms with E-state index in [1.165, 1.54) is 57.7 Å². The van der Waals surface area contributed by atoms with Crippen LogP contribution < -0.4 is 5.32 Å². The van der Waals surface area contributed by atoms with Gasteiger partial charge < -0.3 is 10.2 Å². The number of hydrogen-bond donors (Lipinski definition) is 1. The monoisotopic (exact) mass is 292 g/mol. The van der Waals surface area contributed by atoms with Crippen LogP contribution >= 0.6 is 24.2 Å². The Bertz CT molecular complexity index is 248. The number of thioether (sulfide) groups is 1. The first kappa shape index (κ1) is 16.6. The van der Waals surface area contributed by atoms with Crippen molar-refractivity contribution >= 4 is 24.2 Å². The minimum Gasteiger partial charge on any atom is -0.316 e. The summed E-state index contributed by atoms with van der Waals surface area (Å²) in [5, 5.41) is 3.52. The van der Waals surface area contributed by atoms with Crippen molar-refractivity contribution in [3.8, 4) is 0 Å². The second kappa shape index (κ2) is 6.83. The highest BCUT2D eigenvalue weighted by Gasteiger charge is 2.37. The molecule has 2 saturated heterocycles. The van der Waals surface area contributed by atoms with Gasteiger partial charge in [-0.05, 0) is 31.2 Å². The van der Waals surface area contributed by atoms with Gasteiger partial charge in [0.15, 0.2) is 0 Å².